The predicted molar refractivity (Wildman–Crippen MR) is 74.9 cm³/mol. The first-order valence-corrected chi connectivity index (χ1v) is 6.26. The zero-order valence-corrected chi connectivity index (χ0v) is 10.9. The van der Waals surface area contributed by atoms with Gasteiger partial charge in [-0.3, -0.25) is 9.59 Å². The number of nitrogens with one attached hydrogen (secondary N) is 2. The summed E-state index contributed by atoms with van der Waals surface area (Å²) in [6.45, 7) is -0.0919. The molecule has 0 spiro atoms. The molecule has 1 heterocycles. The van der Waals surface area contributed by atoms with E-state index in [1.54, 1.807) is 18.2 Å². The van der Waals surface area contributed by atoms with Crippen molar-refractivity contribution in [1.82, 2.24) is 0 Å². The van der Waals surface area contributed by atoms with E-state index in [0.717, 1.165) is 0 Å². The highest BCUT2D eigenvalue weighted by atomic mass is 19.1. The van der Waals surface area contributed by atoms with Gasteiger partial charge in [0.05, 0.1) is 16.9 Å². The van der Waals surface area contributed by atoms with E-state index in [2.05, 4.69) is 10.6 Å². The van der Waals surface area contributed by atoms with Gasteiger partial charge in [0.2, 0.25) is 0 Å². The van der Waals surface area contributed by atoms with Crippen LogP contribution in [0.1, 0.15) is 10.4 Å². The summed E-state index contributed by atoms with van der Waals surface area (Å²) in [4.78, 5) is 23.6. The van der Waals surface area contributed by atoms with Crippen LogP contribution in [0, 0.1) is 5.82 Å². The number of halogens is 1. The van der Waals surface area contributed by atoms with Crippen molar-refractivity contribution >= 4 is 23.2 Å². The number of ether oxygens (including phenoxy) is 1. The van der Waals surface area contributed by atoms with Gasteiger partial charge in [-0.25, -0.2) is 4.39 Å². The van der Waals surface area contributed by atoms with Crippen molar-refractivity contribution in [3.8, 4) is 5.75 Å². The van der Waals surface area contributed by atoms with Gasteiger partial charge in [0.15, 0.2) is 6.61 Å². The lowest BCUT2D eigenvalue weighted by Crippen LogP contribution is -2.27. The Morgan fingerprint density at radius 3 is 2.81 bits per heavy atom. The van der Waals surface area contributed by atoms with Gasteiger partial charge < -0.3 is 15.4 Å². The third-order valence-corrected chi connectivity index (χ3v) is 3.02. The number of anilines is 2. The monoisotopic (exact) mass is 286 g/mol. The molecular weight excluding hydrogens is 275 g/mol. The molecule has 0 bridgehead atoms. The summed E-state index contributed by atoms with van der Waals surface area (Å²) < 4.78 is 18.8. The fourth-order valence-corrected chi connectivity index (χ4v) is 2.04. The van der Waals surface area contributed by atoms with E-state index < -0.39 is 11.7 Å². The molecular formula is C15H11FN2O3. The molecule has 21 heavy (non-hydrogen) atoms. The Labute approximate surface area is 119 Å². The maximum Gasteiger partial charge on any atom is 0.262 e. The maximum atomic E-state index is 13.6. The van der Waals surface area contributed by atoms with Crippen LogP contribution in [0.3, 0.4) is 0 Å². The molecule has 2 aromatic rings. The minimum Gasteiger partial charge on any atom is -0.482 e. The van der Waals surface area contributed by atoms with Crippen LogP contribution in [0.2, 0.25) is 0 Å². The van der Waals surface area contributed by atoms with Crippen molar-refractivity contribution in [3.05, 3.63) is 53.8 Å². The fraction of sp³-hybridized carbons (Fsp3) is 0.0667. The zero-order valence-electron chi connectivity index (χ0n) is 10.9. The van der Waals surface area contributed by atoms with Crippen molar-refractivity contribution < 1.29 is 18.7 Å². The molecule has 0 saturated heterocycles. The van der Waals surface area contributed by atoms with E-state index in [1.165, 1.54) is 24.3 Å². The molecule has 5 nitrogen and oxygen atoms in total. The molecule has 1 aliphatic rings. The van der Waals surface area contributed by atoms with Crippen LogP contribution in [-0.2, 0) is 4.79 Å². The molecule has 0 unspecified atom stereocenters. The number of carbonyl (C=O) groups is 2. The Kier molecular flexibility index (Phi) is 3.27. The molecule has 106 valence electrons. The van der Waals surface area contributed by atoms with Crippen LogP contribution in [0.25, 0.3) is 0 Å². The quantitative estimate of drug-likeness (QED) is 0.891. The number of rotatable bonds is 2. The van der Waals surface area contributed by atoms with Gasteiger partial charge in [-0.15, -0.1) is 0 Å². The van der Waals surface area contributed by atoms with Crippen LogP contribution in [0.4, 0.5) is 15.8 Å². The predicted octanol–water partition coefficient (Wildman–Crippen LogP) is 2.41. The molecule has 1 aliphatic heterocycles. The molecule has 0 fully saturated rings. The van der Waals surface area contributed by atoms with Crippen LogP contribution in [0.15, 0.2) is 42.5 Å². The van der Waals surface area contributed by atoms with Gasteiger partial charge >= 0.3 is 0 Å². The highest BCUT2D eigenvalue weighted by Gasteiger charge is 2.22. The largest absolute Gasteiger partial charge is 0.482 e. The van der Waals surface area contributed by atoms with E-state index in [-0.39, 0.29) is 23.8 Å². The first-order chi connectivity index (χ1) is 10.1. The first kappa shape index (κ1) is 13.1. The molecule has 3 rings (SSSR count). The number of hydrogen-bond acceptors (Lipinski definition) is 3. The highest BCUT2D eigenvalue weighted by Crippen LogP contribution is 2.31. The van der Waals surface area contributed by atoms with Crippen LogP contribution < -0.4 is 15.4 Å². The second-order valence-electron chi connectivity index (χ2n) is 4.45. The molecule has 0 atom stereocenters. The van der Waals surface area contributed by atoms with Gasteiger partial charge in [-0.1, -0.05) is 18.2 Å². The lowest BCUT2D eigenvalue weighted by molar-refractivity contribution is -0.118. The molecule has 0 aromatic heterocycles. The smallest absolute Gasteiger partial charge is 0.262 e. The van der Waals surface area contributed by atoms with E-state index in [0.29, 0.717) is 11.4 Å². The lowest BCUT2D eigenvalue weighted by atomic mass is 10.1. The van der Waals surface area contributed by atoms with Gasteiger partial charge in [0.25, 0.3) is 11.8 Å². The second-order valence-corrected chi connectivity index (χ2v) is 4.45. The first-order valence-electron chi connectivity index (χ1n) is 6.26. The molecule has 2 aromatic carbocycles. The van der Waals surface area contributed by atoms with E-state index in [9.17, 15) is 14.0 Å². The summed E-state index contributed by atoms with van der Waals surface area (Å²) in [6, 6.07) is 10.7. The van der Waals surface area contributed by atoms with Gasteiger partial charge in [-0.05, 0) is 24.3 Å². The topological polar surface area (TPSA) is 67.4 Å². The minimum atomic E-state index is -0.532. The number of benzene rings is 2. The number of amides is 2. The van der Waals surface area contributed by atoms with Crippen LogP contribution in [-0.4, -0.2) is 18.4 Å². The standard InChI is InChI=1S/C15H11FN2O3/c16-10-5-1-2-6-11(10)17-15(20)9-4-3-7-12-14(9)18-13(19)8-21-12/h1-7H,8H2,(H,17,20)(H,18,19). The van der Waals surface area contributed by atoms with Gasteiger partial charge in [0.1, 0.15) is 11.6 Å². The molecule has 0 aliphatic carbocycles. The Balaban J connectivity index is 1.92. The number of carbonyl (C=O) groups excluding carboxylic acids is 2. The Morgan fingerprint density at radius 1 is 1.19 bits per heavy atom. The third kappa shape index (κ3) is 2.55. The normalized spacial score (nSPS) is 12.9. The van der Waals surface area contributed by atoms with E-state index in [1.807, 2.05) is 0 Å². The van der Waals surface area contributed by atoms with Gasteiger partial charge in [-0.2, -0.15) is 0 Å². The number of fused-ring (bicyclic) bond motifs is 1. The third-order valence-electron chi connectivity index (χ3n) is 3.02. The molecule has 2 amide bonds. The van der Waals surface area contributed by atoms with E-state index >= 15 is 0 Å². The fourth-order valence-electron chi connectivity index (χ4n) is 2.04. The molecule has 2 N–H and O–H groups in total. The molecule has 6 heteroatoms. The van der Waals surface area contributed by atoms with E-state index in [4.69, 9.17) is 4.74 Å². The second kappa shape index (κ2) is 5.24. The summed E-state index contributed by atoms with van der Waals surface area (Å²) in [5, 5.41) is 5.06. The van der Waals surface area contributed by atoms with Crippen molar-refractivity contribution in [2.45, 2.75) is 0 Å². The lowest BCUT2D eigenvalue weighted by Gasteiger charge is -2.20. The Morgan fingerprint density at radius 2 is 2.00 bits per heavy atom. The Bertz CT molecular complexity index is 731. The Hall–Kier alpha value is -2.89. The summed E-state index contributed by atoms with van der Waals surface area (Å²) in [6.07, 6.45) is 0. The SMILES string of the molecule is O=C1COc2cccc(C(=O)Nc3ccccc3F)c2N1. The number of para-hydroxylation sites is 2. The number of hydrogen-bond donors (Lipinski definition) is 2. The van der Waals surface area contributed by atoms with Crippen molar-refractivity contribution in [2.24, 2.45) is 0 Å². The van der Waals surface area contributed by atoms with Crippen molar-refractivity contribution in [2.75, 3.05) is 17.2 Å². The van der Waals surface area contributed by atoms with Crippen molar-refractivity contribution in [1.29, 1.82) is 0 Å². The van der Waals surface area contributed by atoms with Crippen molar-refractivity contribution in [3.63, 3.8) is 0 Å². The molecule has 0 saturated carbocycles. The minimum absolute atomic E-state index is 0.0724. The van der Waals surface area contributed by atoms with Crippen LogP contribution in [0.5, 0.6) is 5.75 Å². The summed E-state index contributed by atoms with van der Waals surface area (Å²) in [5.74, 6) is -0.983. The highest BCUT2D eigenvalue weighted by molar-refractivity contribution is 6.11. The average Bonchev–Trinajstić information content (AvgIpc) is 2.49. The van der Waals surface area contributed by atoms with Crippen LogP contribution >= 0.6 is 0 Å². The molecule has 0 radical (unpaired) electrons. The summed E-state index contributed by atoms with van der Waals surface area (Å²) in [5.41, 5.74) is 0.578. The summed E-state index contributed by atoms with van der Waals surface area (Å²) in [7, 11) is 0. The summed E-state index contributed by atoms with van der Waals surface area (Å²) >= 11 is 0. The average molecular weight is 286 g/mol. The maximum absolute atomic E-state index is 13.6. The zero-order chi connectivity index (χ0) is 14.8. The van der Waals surface area contributed by atoms with Gasteiger partial charge in [0, 0.05) is 0 Å².